The molecule has 1 aromatic carbocycles. The molecule has 0 unspecified atom stereocenters. The molecule has 6 heteroatoms. The quantitative estimate of drug-likeness (QED) is 0.283. The molecular formula is C30H49NO3SSi. The third-order valence-corrected chi connectivity index (χ3v) is 16.5. The van der Waals surface area contributed by atoms with Crippen molar-refractivity contribution in [2.24, 2.45) is 21.6 Å². The van der Waals surface area contributed by atoms with Crippen LogP contribution in [0.2, 0.25) is 16.6 Å². The van der Waals surface area contributed by atoms with Crippen molar-refractivity contribution in [2.75, 3.05) is 0 Å². The van der Waals surface area contributed by atoms with Gasteiger partial charge in [0.05, 0.1) is 10.7 Å². The van der Waals surface area contributed by atoms with Gasteiger partial charge in [-0.3, -0.25) is 0 Å². The van der Waals surface area contributed by atoms with Crippen molar-refractivity contribution in [1.82, 2.24) is 0 Å². The summed E-state index contributed by atoms with van der Waals surface area (Å²) in [6.45, 7) is 20.4. The van der Waals surface area contributed by atoms with Gasteiger partial charge in [-0.2, -0.15) is 12.8 Å². The lowest BCUT2D eigenvalue weighted by Gasteiger charge is -2.45. The Hall–Kier alpha value is -1.40. The molecule has 0 amide bonds. The molecule has 1 fully saturated rings. The van der Waals surface area contributed by atoms with E-state index < -0.39 is 18.3 Å². The summed E-state index contributed by atoms with van der Waals surface area (Å²) >= 11 is 0. The molecule has 1 aromatic rings. The number of sulfonamides is 1. The second-order valence-electron chi connectivity index (χ2n) is 12.2. The Morgan fingerprint density at radius 3 is 2.08 bits per heavy atom. The van der Waals surface area contributed by atoms with E-state index in [1.165, 1.54) is 0 Å². The highest BCUT2D eigenvalue weighted by Crippen LogP contribution is 2.54. The topological polar surface area (TPSA) is 55.7 Å². The monoisotopic (exact) mass is 531 g/mol. The van der Waals surface area contributed by atoms with Gasteiger partial charge >= 0.3 is 0 Å². The zero-order valence-corrected chi connectivity index (χ0v) is 25.9. The van der Waals surface area contributed by atoms with Crippen LogP contribution in [0.25, 0.3) is 0 Å². The Morgan fingerprint density at radius 1 is 1.00 bits per heavy atom. The van der Waals surface area contributed by atoms with Gasteiger partial charge in [-0.1, -0.05) is 79.5 Å². The van der Waals surface area contributed by atoms with Gasteiger partial charge in [0.1, 0.15) is 0 Å². The molecule has 1 saturated carbocycles. The van der Waals surface area contributed by atoms with E-state index in [0.29, 0.717) is 23.0 Å². The summed E-state index contributed by atoms with van der Waals surface area (Å²) in [4.78, 5) is 0.286. The Bertz CT molecular complexity index is 1050. The number of aryl methyl sites for hydroxylation is 1. The molecule has 3 atom stereocenters. The normalized spacial score (nSPS) is 26.1. The molecule has 3 aliphatic carbocycles. The van der Waals surface area contributed by atoms with E-state index in [2.05, 4.69) is 65.9 Å². The summed E-state index contributed by atoms with van der Waals surface area (Å²) in [6.07, 6.45) is 8.08. The molecule has 36 heavy (non-hydrogen) atoms. The van der Waals surface area contributed by atoms with E-state index in [0.717, 1.165) is 49.1 Å². The molecule has 4 nitrogen and oxygen atoms in total. The number of hydrogen-bond donors (Lipinski definition) is 0. The van der Waals surface area contributed by atoms with Crippen molar-refractivity contribution in [3.8, 4) is 0 Å². The van der Waals surface area contributed by atoms with Gasteiger partial charge in [-0.05, 0) is 79.8 Å². The van der Waals surface area contributed by atoms with Crippen molar-refractivity contribution in [3.05, 3.63) is 41.7 Å². The molecule has 2 bridgehead atoms. The van der Waals surface area contributed by atoms with Gasteiger partial charge < -0.3 is 4.43 Å². The second-order valence-corrected chi connectivity index (χ2v) is 19.1. The van der Waals surface area contributed by atoms with Gasteiger partial charge in [-0.15, -0.1) is 0 Å². The van der Waals surface area contributed by atoms with Gasteiger partial charge in [0.2, 0.25) is 0 Å². The fourth-order valence-corrected chi connectivity index (χ4v) is 13.8. The van der Waals surface area contributed by atoms with Crippen LogP contribution in [-0.4, -0.2) is 22.4 Å². The van der Waals surface area contributed by atoms with Crippen molar-refractivity contribution < 1.29 is 12.8 Å². The van der Waals surface area contributed by atoms with Crippen LogP contribution >= 0.6 is 0 Å². The average Bonchev–Trinajstić information content (AvgIpc) is 3.00. The maximum absolute atomic E-state index is 13.5. The Balaban J connectivity index is 2.12. The first kappa shape index (κ1) is 29.2. The van der Waals surface area contributed by atoms with Crippen LogP contribution in [0.4, 0.5) is 0 Å². The van der Waals surface area contributed by atoms with Crippen molar-refractivity contribution in [2.45, 2.75) is 122 Å². The summed E-state index contributed by atoms with van der Waals surface area (Å²) in [5.74, 6) is 1.61. The molecule has 0 radical (unpaired) electrons. The third kappa shape index (κ3) is 5.27. The Morgan fingerprint density at radius 2 is 1.58 bits per heavy atom. The first-order valence-corrected chi connectivity index (χ1v) is 17.7. The largest absolute Gasteiger partial charge is 0.546 e. The van der Waals surface area contributed by atoms with Crippen LogP contribution in [0.1, 0.15) is 99.5 Å². The van der Waals surface area contributed by atoms with Crippen LogP contribution in [-0.2, 0) is 14.4 Å². The fourth-order valence-electron chi connectivity index (χ4n) is 7.36. The first-order valence-electron chi connectivity index (χ1n) is 14.2. The van der Waals surface area contributed by atoms with Crippen LogP contribution in [0.5, 0.6) is 0 Å². The lowest BCUT2D eigenvalue weighted by Crippen LogP contribution is -2.48. The van der Waals surface area contributed by atoms with Crippen molar-refractivity contribution >= 4 is 24.1 Å². The smallest absolute Gasteiger partial charge is 0.282 e. The molecule has 0 aliphatic heterocycles. The molecule has 0 spiro atoms. The van der Waals surface area contributed by atoms with E-state index in [-0.39, 0.29) is 22.1 Å². The molecule has 0 aromatic heterocycles. The zero-order chi connectivity index (χ0) is 26.9. The molecular weight excluding hydrogens is 482 g/mol. The summed E-state index contributed by atoms with van der Waals surface area (Å²) in [6, 6.07) is 7.08. The first-order chi connectivity index (χ1) is 16.8. The summed E-state index contributed by atoms with van der Waals surface area (Å²) in [5.41, 5.74) is 3.19. The van der Waals surface area contributed by atoms with E-state index in [1.807, 2.05) is 19.1 Å². The van der Waals surface area contributed by atoms with E-state index in [1.54, 1.807) is 12.1 Å². The highest BCUT2D eigenvalue weighted by Gasteiger charge is 2.52. The Kier molecular flexibility index (Phi) is 9.03. The highest BCUT2D eigenvalue weighted by atomic mass is 32.2. The third-order valence-electron chi connectivity index (χ3n) is 9.20. The lowest BCUT2D eigenvalue weighted by atomic mass is 9.66. The minimum Gasteiger partial charge on any atom is -0.546 e. The number of hydrogen-bond acceptors (Lipinski definition) is 3. The van der Waals surface area contributed by atoms with Crippen LogP contribution in [0, 0.1) is 24.2 Å². The molecule has 0 N–H and O–H groups in total. The number of fused-ring (bicyclic) bond motifs is 3. The van der Waals surface area contributed by atoms with Crippen LogP contribution in [0.3, 0.4) is 0 Å². The number of allylic oxidation sites excluding steroid dienone is 2. The Labute approximate surface area is 222 Å². The van der Waals surface area contributed by atoms with Gasteiger partial charge in [-0.25, -0.2) is 0 Å². The standard InChI is InChI=1S/C30H49NO3SSi/c1-10-18-30(11-2)26-15-14-25(28(20-26)34-36(21(3)4,22(5)6)23(7)8)19-29(30)31-35(32,33)27-16-12-24(9)13-17-27/h12-13,16-17,20-23,25-26H,10-11,14-15,18-19H2,1-9H3/b31-29+/t25-,26-,30+/m1/s1. The van der Waals surface area contributed by atoms with Crippen LogP contribution in [0.15, 0.2) is 45.4 Å². The highest BCUT2D eigenvalue weighted by molar-refractivity contribution is 7.90. The van der Waals surface area contributed by atoms with E-state index in [9.17, 15) is 8.42 Å². The van der Waals surface area contributed by atoms with E-state index in [4.69, 9.17) is 4.43 Å². The number of nitrogens with zero attached hydrogens (tertiary/aromatic N) is 1. The zero-order valence-electron chi connectivity index (χ0n) is 24.1. The van der Waals surface area contributed by atoms with Gasteiger partial charge in [0.15, 0.2) is 0 Å². The van der Waals surface area contributed by atoms with Crippen molar-refractivity contribution in [3.63, 3.8) is 0 Å². The molecule has 4 rings (SSSR count). The molecule has 3 aliphatic rings. The van der Waals surface area contributed by atoms with Gasteiger partial charge in [0.25, 0.3) is 18.3 Å². The average molecular weight is 532 g/mol. The molecule has 202 valence electrons. The van der Waals surface area contributed by atoms with E-state index >= 15 is 0 Å². The minimum absolute atomic E-state index is 0.210. The lowest BCUT2D eigenvalue weighted by molar-refractivity contribution is 0.225. The maximum atomic E-state index is 13.5. The van der Waals surface area contributed by atoms with Crippen molar-refractivity contribution in [1.29, 1.82) is 0 Å². The molecule has 0 saturated heterocycles. The molecule has 0 heterocycles. The fraction of sp³-hybridized carbons (Fsp3) is 0.700. The maximum Gasteiger partial charge on any atom is 0.282 e. The summed E-state index contributed by atoms with van der Waals surface area (Å²) in [5, 5.41) is 0. The predicted octanol–water partition coefficient (Wildman–Crippen LogP) is 8.83. The predicted molar refractivity (Wildman–Crippen MR) is 154 cm³/mol. The number of benzene rings is 1. The summed E-state index contributed by atoms with van der Waals surface area (Å²) < 4.78 is 39.0. The summed E-state index contributed by atoms with van der Waals surface area (Å²) in [7, 11) is -5.87. The second kappa shape index (κ2) is 11.1. The SMILES string of the molecule is CCC[C@]1(CC)/C(=N/S(=O)(=O)c2ccc(C)cc2)C[C@H]2CC[C@@H]1C=C2O[Si](C(C)C)(C(C)C)C(C)C. The minimum atomic E-state index is -3.77. The van der Waals surface area contributed by atoms with Crippen LogP contribution < -0.4 is 0 Å². The number of rotatable bonds is 10. The van der Waals surface area contributed by atoms with Gasteiger partial charge in [0, 0.05) is 17.0 Å².